The highest BCUT2D eigenvalue weighted by Crippen LogP contribution is 2.27. The Morgan fingerprint density at radius 1 is 0.593 bits per heavy atom. The van der Waals surface area contributed by atoms with E-state index in [-0.39, 0.29) is 0 Å². The van der Waals surface area contributed by atoms with Gasteiger partial charge in [0, 0.05) is 5.56 Å². The van der Waals surface area contributed by atoms with Gasteiger partial charge < -0.3 is 0 Å². The molecule has 3 aromatic carbocycles. The first-order chi connectivity index (χ1) is 13.1. The Bertz CT molecular complexity index is 877. The first kappa shape index (κ1) is 19.3. The summed E-state index contributed by atoms with van der Waals surface area (Å²) >= 11 is 0. The van der Waals surface area contributed by atoms with Gasteiger partial charge in [0.2, 0.25) is 0 Å². The number of rotatable bonds is 7. The van der Waals surface area contributed by atoms with Crippen molar-refractivity contribution >= 4 is 0 Å². The summed E-state index contributed by atoms with van der Waals surface area (Å²) in [4.78, 5) is 0. The molecular weight excluding hydrogens is 338 g/mol. The van der Waals surface area contributed by atoms with E-state index in [4.69, 9.17) is 0 Å². The van der Waals surface area contributed by atoms with Crippen LogP contribution < -0.4 is 0 Å². The van der Waals surface area contributed by atoms with E-state index < -0.39 is 11.6 Å². The van der Waals surface area contributed by atoms with Crippen molar-refractivity contribution in [3.63, 3.8) is 0 Å². The molecule has 140 valence electrons. The molecule has 0 atom stereocenters. The van der Waals surface area contributed by atoms with Crippen LogP contribution in [-0.2, 0) is 25.7 Å². The zero-order chi connectivity index (χ0) is 19.2. The van der Waals surface area contributed by atoms with Crippen molar-refractivity contribution in [3.8, 4) is 11.1 Å². The topological polar surface area (TPSA) is 0 Å². The zero-order valence-corrected chi connectivity index (χ0v) is 16.1. The van der Waals surface area contributed by atoms with Crippen molar-refractivity contribution in [1.82, 2.24) is 0 Å². The van der Waals surface area contributed by atoms with Gasteiger partial charge in [-0.2, -0.15) is 0 Å². The molecule has 0 fully saturated rings. The van der Waals surface area contributed by atoms with Gasteiger partial charge in [-0.1, -0.05) is 80.9 Å². The molecule has 2 heteroatoms. The van der Waals surface area contributed by atoms with Crippen molar-refractivity contribution < 1.29 is 8.78 Å². The predicted molar refractivity (Wildman–Crippen MR) is 109 cm³/mol. The van der Waals surface area contributed by atoms with Gasteiger partial charge in [-0.05, 0) is 53.5 Å². The lowest BCUT2D eigenvalue weighted by Gasteiger charge is -2.10. The van der Waals surface area contributed by atoms with Crippen LogP contribution in [0.15, 0.2) is 60.7 Å². The first-order valence-corrected chi connectivity index (χ1v) is 9.76. The fourth-order valence-electron chi connectivity index (χ4n) is 3.37. The van der Waals surface area contributed by atoms with Gasteiger partial charge in [0.1, 0.15) is 0 Å². The molecule has 27 heavy (non-hydrogen) atoms. The maximum atomic E-state index is 14.6. The van der Waals surface area contributed by atoms with Crippen LogP contribution in [0.4, 0.5) is 8.78 Å². The van der Waals surface area contributed by atoms with Crippen LogP contribution in [0, 0.1) is 11.6 Å². The van der Waals surface area contributed by atoms with Gasteiger partial charge in [-0.3, -0.25) is 0 Å². The van der Waals surface area contributed by atoms with E-state index in [1.165, 1.54) is 11.1 Å². The molecule has 0 aliphatic carbocycles. The molecule has 0 bridgehead atoms. The number of aryl methyl sites for hydroxylation is 4. The average molecular weight is 364 g/mol. The van der Waals surface area contributed by atoms with Crippen molar-refractivity contribution in [2.45, 2.75) is 46.0 Å². The maximum Gasteiger partial charge on any atom is 0.166 e. The molecule has 0 nitrogen and oxygen atoms in total. The summed E-state index contributed by atoms with van der Waals surface area (Å²) in [6.07, 6.45) is 4.31. The molecule has 0 aliphatic rings. The Labute approximate surface area is 160 Å². The van der Waals surface area contributed by atoms with E-state index in [1.54, 1.807) is 12.1 Å². The quantitative estimate of drug-likeness (QED) is 0.426. The van der Waals surface area contributed by atoms with E-state index >= 15 is 0 Å². The summed E-state index contributed by atoms with van der Waals surface area (Å²) in [6, 6.07) is 19.5. The van der Waals surface area contributed by atoms with Gasteiger partial charge in [0.05, 0.1) is 0 Å². The van der Waals surface area contributed by atoms with Crippen LogP contribution in [0.5, 0.6) is 0 Å². The minimum Gasteiger partial charge on any atom is -0.203 e. The molecule has 3 rings (SSSR count). The fraction of sp³-hybridized carbons (Fsp3) is 0.280. The number of halogens is 2. The smallest absolute Gasteiger partial charge is 0.166 e. The van der Waals surface area contributed by atoms with Crippen LogP contribution in [0.25, 0.3) is 11.1 Å². The van der Waals surface area contributed by atoms with Gasteiger partial charge >= 0.3 is 0 Å². The molecule has 0 aromatic heterocycles. The summed E-state index contributed by atoms with van der Waals surface area (Å²) in [5.74, 6) is -1.48. The third-order valence-corrected chi connectivity index (χ3v) is 5.08. The monoisotopic (exact) mass is 364 g/mol. The lowest BCUT2D eigenvalue weighted by Crippen LogP contribution is -2.00. The normalized spacial score (nSPS) is 11.0. The van der Waals surface area contributed by atoms with E-state index in [0.29, 0.717) is 29.5 Å². The molecule has 0 amide bonds. The third-order valence-electron chi connectivity index (χ3n) is 5.08. The molecule has 3 aromatic rings. The minimum atomic E-state index is -0.755. The lowest BCUT2D eigenvalue weighted by molar-refractivity contribution is 0.501. The minimum absolute atomic E-state index is 0.322. The third kappa shape index (κ3) is 4.63. The van der Waals surface area contributed by atoms with Crippen LogP contribution in [0.2, 0.25) is 0 Å². The molecule has 0 N–H and O–H groups in total. The van der Waals surface area contributed by atoms with E-state index in [1.807, 2.05) is 24.3 Å². The summed E-state index contributed by atoms with van der Waals surface area (Å²) in [5.41, 5.74) is 5.11. The molecule has 0 saturated heterocycles. The van der Waals surface area contributed by atoms with Crippen molar-refractivity contribution in [2.24, 2.45) is 0 Å². The summed E-state index contributed by atoms with van der Waals surface area (Å²) < 4.78 is 29.2. The molecule has 0 aliphatic heterocycles. The zero-order valence-electron chi connectivity index (χ0n) is 16.1. The molecule has 0 spiro atoms. The second-order valence-electron chi connectivity index (χ2n) is 7.02. The van der Waals surface area contributed by atoms with Crippen LogP contribution in [0.3, 0.4) is 0 Å². The van der Waals surface area contributed by atoms with E-state index in [0.717, 1.165) is 24.8 Å². The van der Waals surface area contributed by atoms with Crippen molar-refractivity contribution in [3.05, 3.63) is 94.6 Å². The number of hydrogen-bond donors (Lipinski definition) is 0. The molecule has 0 unspecified atom stereocenters. The Kier molecular flexibility index (Phi) is 6.39. The van der Waals surface area contributed by atoms with Gasteiger partial charge in [-0.15, -0.1) is 0 Å². The summed E-state index contributed by atoms with van der Waals surface area (Å²) in [7, 11) is 0. The molecular formula is C25H26F2. The van der Waals surface area contributed by atoms with Crippen molar-refractivity contribution in [2.75, 3.05) is 0 Å². The van der Waals surface area contributed by atoms with Gasteiger partial charge in [0.15, 0.2) is 11.6 Å². The Morgan fingerprint density at radius 2 is 1.19 bits per heavy atom. The summed E-state index contributed by atoms with van der Waals surface area (Å²) in [6.45, 7) is 4.23. The molecule has 0 radical (unpaired) electrons. The van der Waals surface area contributed by atoms with Crippen LogP contribution in [-0.4, -0.2) is 0 Å². The maximum absolute atomic E-state index is 14.6. The SMILES string of the molecule is CCCc1ccc(CCc2ccc(-c3ccc(CC)cc3)c(F)c2F)cc1. The summed E-state index contributed by atoms with van der Waals surface area (Å²) in [5, 5.41) is 0. The van der Waals surface area contributed by atoms with Gasteiger partial charge in [0.25, 0.3) is 0 Å². The number of benzene rings is 3. The lowest BCUT2D eigenvalue weighted by atomic mass is 9.97. The van der Waals surface area contributed by atoms with E-state index in [2.05, 4.69) is 38.1 Å². The Hall–Kier alpha value is -2.48. The van der Waals surface area contributed by atoms with Gasteiger partial charge in [-0.25, -0.2) is 8.78 Å². The first-order valence-electron chi connectivity index (χ1n) is 9.76. The number of hydrogen-bond acceptors (Lipinski definition) is 0. The average Bonchev–Trinajstić information content (AvgIpc) is 2.71. The predicted octanol–water partition coefficient (Wildman–Crippen LogP) is 6.93. The highest BCUT2D eigenvalue weighted by atomic mass is 19.2. The molecule has 0 saturated carbocycles. The standard InChI is InChI=1S/C25H26F2/c1-3-5-19-6-8-20(9-7-19)12-15-22-16-17-23(25(27)24(22)26)21-13-10-18(4-2)11-14-21/h6-11,13-14,16-17H,3-5,12,15H2,1-2H3. The molecule has 0 heterocycles. The second-order valence-corrected chi connectivity index (χ2v) is 7.02. The highest BCUT2D eigenvalue weighted by Gasteiger charge is 2.14. The fourth-order valence-corrected chi connectivity index (χ4v) is 3.37. The second kappa shape index (κ2) is 8.94. The van der Waals surface area contributed by atoms with E-state index in [9.17, 15) is 8.78 Å². The Balaban J connectivity index is 1.74. The van der Waals surface area contributed by atoms with Crippen LogP contribution >= 0.6 is 0 Å². The largest absolute Gasteiger partial charge is 0.203 e. The van der Waals surface area contributed by atoms with Crippen LogP contribution in [0.1, 0.15) is 42.5 Å². The Morgan fingerprint density at radius 3 is 1.78 bits per heavy atom. The highest BCUT2D eigenvalue weighted by molar-refractivity contribution is 5.65. The van der Waals surface area contributed by atoms with Crippen molar-refractivity contribution in [1.29, 1.82) is 0 Å².